The Balaban J connectivity index is 2.13. The van der Waals surface area contributed by atoms with Crippen LogP contribution >= 0.6 is 0 Å². The van der Waals surface area contributed by atoms with Gasteiger partial charge in [0, 0.05) is 25.3 Å². The lowest BCUT2D eigenvalue weighted by Crippen LogP contribution is -2.42. The van der Waals surface area contributed by atoms with E-state index in [0.29, 0.717) is 12.8 Å². The van der Waals surface area contributed by atoms with Crippen molar-refractivity contribution in [3.63, 3.8) is 0 Å². The normalized spacial score (nSPS) is 20.6. The van der Waals surface area contributed by atoms with E-state index in [-0.39, 0.29) is 23.6 Å². The maximum atomic E-state index is 12.6. The third-order valence-electron chi connectivity index (χ3n) is 4.65. The Morgan fingerprint density at radius 1 is 1.22 bits per heavy atom. The van der Waals surface area contributed by atoms with Gasteiger partial charge in [-0.1, -0.05) is 25.3 Å². The summed E-state index contributed by atoms with van der Waals surface area (Å²) < 4.78 is 31.8. The molecule has 1 fully saturated rings. The molecule has 1 aliphatic carbocycles. The van der Waals surface area contributed by atoms with Crippen LogP contribution < -0.4 is 10.0 Å². The number of benzene rings is 1. The molecular formula is C18H26N2O6S. The first-order chi connectivity index (χ1) is 12.8. The van der Waals surface area contributed by atoms with Gasteiger partial charge in [-0.2, -0.15) is 0 Å². The van der Waals surface area contributed by atoms with Gasteiger partial charge in [-0.05, 0) is 31.0 Å². The Bertz CT molecular complexity index is 765. The van der Waals surface area contributed by atoms with Gasteiger partial charge in [-0.15, -0.1) is 0 Å². The van der Waals surface area contributed by atoms with Crippen molar-refractivity contribution >= 4 is 21.9 Å². The van der Waals surface area contributed by atoms with Crippen LogP contribution in [-0.2, 0) is 19.6 Å². The molecule has 3 N–H and O–H groups in total. The van der Waals surface area contributed by atoms with Gasteiger partial charge in [0.15, 0.2) is 0 Å². The van der Waals surface area contributed by atoms with Crippen LogP contribution in [0.15, 0.2) is 29.2 Å². The van der Waals surface area contributed by atoms with Crippen molar-refractivity contribution in [1.82, 2.24) is 10.0 Å². The number of nitrogens with one attached hydrogen (secondary N) is 2. The molecular weight excluding hydrogens is 372 g/mol. The third kappa shape index (κ3) is 6.02. The van der Waals surface area contributed by atoms with Crippen LogP contribution in [0.25, 0.3) is 0 Å². The van der Waals surface area contributed by atoms with Crippen molar-refractivity contribution in [2.24, 2.45) is 5.92 Å². The second-order valence-electron chi connectivity index (χ2n) is 6.58. The molecule has 1 aliphatic rings. The fraction of sp³-hybridized carbons (Fsp3) is 0.556. The number of carbonyl (C=O) groups is 2. The first kappa shape index (κ1) is 21.3. The molecule has 1 aromatic carbocycles. The lowest BCUT2D eigenvalue weighted by atomic mass is 9.94. The highest BCUT2D eigenvalue weighted by molar-refractivity contribution is 7.89. The molecule has 0 aromatic heterocycles. The minimum atomic E-state index is -3.76. The zero-order valence-corrected chi connectivity index (χ0v) is 16.1. The number of carboxylic acid groups (broad SMARTS) is 1. The number of ether oxygens (including phenoxy) is 1. The highest BCUT2D eigenvalue weighted by atomic mass is 32.2. The van der Waals surface area contributed by atoms with E-state index in [1.807, 2.05) is 0 Å². The summed E-state index contributed by atoms with van der Waals surface area (Å²) in [6.07, 6.45) is 3.74. The summed E-state index contributed by atoms with van der Waals surface area (Å²) >= 11 is 0. The monoisotopic (exact) mass is 398 g/mol. The number of hydrogen-bond donors (Lipinski definition) is 3. The van der Waals surface area contributed by atoms with Crippen molar-refractivity contribution < 1.29 is 27.9 Å². The number of carbonyl (C=O) groups excluding carboxylic acids is 1. The summed E-state index contributed by atoms with van der Waals surface area (Å²) in [5.74, 6) is -2.01. The van der Waals surface area contributed by atoms with E-state index in [1.165, 1.54) is 31.4 Å². The molecule has 1 saturated carbocycles. The lowest BCUT2D eigenvalue weighted by molar-refractivity contribution is -0.142. The first-order valence-electron chi connectivity index (χ1n) is 8.97. The van der Waals surface area contributed by atoms with Gasteiger partial charge in [-0.25, -0.2) is 13.1 Å². The zero-order valence-electron chi connectivity index (χ0n) is 15.3. The van der Waals surface area contributed by atoms with Gasteiger partial charge < -0.3 is 15.2 Å². The van der Waals surface area contributed by atoms with Gasteiger partial charge in [0.1, 0.15) is 0 Å². The van der Waals surface area contributed by atoms with Crippen LogP contribution in [0.5, 0.6) is 0 Å². The molecule has 0 heterocycles. The van der Waals surface area contributed by atoms with Crippen LogP contribution in [0.3, 0.4) is 0 Å². The maximum Gasteiger partial charge on any atom is 0.308 e. The molecule has 0 aliphatic heterocycles. The zero-order chi connectivity index (χ0) is 19.9. The van der Waals surface area contributed by atoms with E-state index < -0.39 is 33.9 Å². The van der Waals surface area contributed by atoms with Crippen LogP contribution in [0.2, 0.25) is 0 Å². The Hall–Kier alpha value is -1.97. The first-order valence-corrected chi connectivity index (χ1v) is 10.5. The smallest absolute Gasteiger partial charge is 0.308 e. The number of methoxy groups -OCH3 is 1. The second-order valence-corrected chi connectivity index (χ2v) is 8.35. The molecule has 9 heteroatoms. The Morgan fingerprint density at radius 3 is 2.67 bits per heavy atom. The molecule has 1 amide bonds. The Labute approximate surface area is 159 Å². The molecule has 0 radical (unpaired) electrons. The van der Waals surface area contributed by atoms with Crippen molar-refractivity contribution in [3.8, 4) is 0 Å². The maximum absolute atomic E-state index is 12.6. The van der Waals surface area contributed by atoms with Gasteiger partial charge in [0.25, 0.3) is 5.91 Å². The molecule has 1 aromatic rings. The highest BCUT2D eigenvalue weighted by Crippen LogP contribution is 2.24. The standard InChI is InChI=1S/C18H26N2O6S/c1-26-11-10-19-27(24,25)14-7-5-6-13(12-14)17(21)20-16-9-4-2-3-8-15(16)18(22)23/h5-7,12,15-16,19H,2-4,8-11H2,1H3,(H,20,21)(H,22,23)/t15-,16+/m1/s1. The van der Waals surface area contributed by atoms with Gasteiger partial charge in [0.05, 0.1) is 17.4 Å². The quantitative estimate of drug-likeness (QED) is 0.449. The predicted octanol–water partition coefficient (Wildman–Crippen LogP) is 1.37. The van der Waals surface area contributed by atoms with E-state index in [1.54, 1.807) is 0 Å². The molecule has 27 heavy (non-hydrogen) atoms. The fourth-order valence-electron chi connectivity index (χ4n) is 3.19. The van der Waals surface area contributed by atoms with Crippen molar-refractivity contribution in [3.05, 3.63) is 29.8 Å². The number of carboxylic acids is 1. The number of sulfonamides is 1. The topological polar surface area (TPSA) is 122 Å². The number of amides is 1. The molecule has 0 saturated heterocycles. The number of rotatable bonds is 8. The third-order valence-corrected chi connectivity index (χ3v) is 6.11. The summed E-state index contributed by atoms with van der Waals surface area (Å²) in [5, 5.41) is 12.2. The molecule has 2 rings (SSSR count). The molecule has 2 atom stereocenters. The molecule has 150 valence electrons. The van der Waals surface area contributed by atoms with E-state index >= 15 is 0 Å². The summed E-state index contributed by atoms with van der Waals surface area (Å²) in [4.78, 5) is 24.1. The van der Waals surface area contributed by atoms with E-state index in [2.05, 4.69) is 10.0 Å². The molecule has 0 bridgehead atoms. The van der Waals surface area contributed by atoms with E-state index in [0.717, 1.165) is 19.3 Å². The van der Waals surface area contributed by atoms with Crippen LogP contribution in [0, 0.1) is 5.92 Å². The predicted molar refractivity (Wildman–Crippen MR) is 99.0 cm³/mol. The summed E-state index contributed by atoms with van der Waals surface area (Å²) in [5.41, 5.74) is 0.179. The van der Waals surface area contributed by atoms with E-state index in [9.17, 15) is 23.1 Å². The minimum absolute atomic E-state index is 0.0260. The van der Waals surface area contributed by atoms with Crippen LogP contribution in [0.1, 0.15) is 42.5 Å². The average molecular weight is 398 g/mol. The minimum Gasteiger partial charge on any atom is -0.481 e. The van der Waals surface area contributed by atoms with Crippen molar-refractivity contribution in [2.75, 3.05) is 20.3 Å². The van der Waals surface area contributed by atoms with Crippen LogP contribution in [-0.4, -0.2) is 51.7 Å². The largest absolute Gasteiger partial charge is 0.481 e. The molecule has 8 nitrogen and oxygen atoms in total. The van der Waals surface area contributed by atoms with Crippen molar-refractivity contribution in [2.45, 2.75) is 43.0 Å². The van der Waals surface area contributed by atoms with Crippen molar-refractivity contribution in [1.29, 1.82) is 0 Å². The van der Waals surface area contributed by atoms with Gasteiger partial charge in [-0.3, -0.25) is 9.59 Å². The fourth-order valence-corrected chi connectivity index (χ4v) is 4.25. The Morgan fingerprint density at radius 2 is 1.96 bits per heavy atom. The lowest BCUT2D eigenvalue weighted by Gasteiger charge is -2.23. The van der Waals surface area contributed by atoms with Crippen LogP contribution in [0.4, 0.5) is 0 Å². The average Bonchev–Trinajstić information content (AvgIpc) is 2.87. The van der Waals surface area contributed by atoms with Gasteiger partial charge in [0.2, 0.25) is 10.0 Å². The highest BCUT2D eigenvalue weighted by Gasteiger charge is 2.31. The summed E-state index contributed by atoms with van der Waals surface area (Å²) in [6, 6.07) is 5.23. The van der Waals surface area contributed by atoms with E-state index in [4.69, 9.17) is 4.74 Å². The Kier molecular flexibility index (Phi) is 7.76. The van der Waals surface area contributed by atoms with Gasteiger partial charge >= 0.3 is 5.97 Å². The molecule has 0 spiro atoms. The summed E-state index contributed by atoms with van der Waals surface area (Å²) in [7, 11) is -2.29. The molecule has 0 unspecified atom stereocenters. The SMILES string of the molecule is COCCNS(=O)(=O)c1cccc(C(=O)N[C@H]2CCCCC[C@H]2C(=O)O)c1. The second kappa shape index (κ2) is 9.82. The number of aliphatic carboxylic acids is 1. The number of hydrogen-bond acceptors (Lipinski definition) is 5. The summed E-state index contributed by atoms with van der Waals surface area (Å²) in [6.45, 7) is 0.356.